The second-order valence-electron chi connectivity index (χ2n) is 5.34. The highest BCUT2D eigenvalue weighted by Crippen LogP contribution is 2.39. The summed E-state index contributed by atoms with van der Waals surface area (Å²) < 4.78 is 31.8. The number of ether oxygens (including phenoxy) is 1. The van der Waals surface area contributed by atoms with Crippen LogP contribution in [0.15, 0.2) is 42.5 Å². The maximum Gasteiger partial charge on any atom is 0.262 e. The number of nitrogens with zero attached hydrogens (tertiary/aromatic N) is 1. The van der Waals surface area contributed by atoms with Gasteiger partial charge in [-0.1, -0.05) is 12.1 Å². The molecule has 1 N–H and O–H groups in total. The van der Waals surface area contributed by atoms with Gasteiger partial charge in [0.05, 0.1) is 17.0 Å². The highest BCUT2D eigenvalue weighted by molar-refractivity contribution is 7.92. The second kappa shape index (κ2) is 6.16. The van der Waals surface area contributed by atoms with Crippen molar-refractivity contribution in [1.29, 1.82) is 0 Å². The van der Waals surface area contributed by atoms with Crippen molar-refractivity contribution in [2.75, 3.05) is 21.9 Å². The van der Waals surface area contributed by atoms with E-state index in [2.05, 4.69) is 4.72 Å². The quantitative estimate of drug-likeness (QED) is 0.922. The SMILES string of the molecule is CCN1C(=O)c2cc(NS(=O)(=O)CC)ccc2Oc2ccccc21. The first kappa shape index (κ1) is 16.3. The Bertz CT molecular complexity index is 893. The number of hydrogen-bond donors (Lipinski definition) is 1. The Labute approximate surface area is 141 Å². The molecule has 3 rings (SSSR count). The monoisotopic (exact) mass is 346 g/mol. The number of rotatable bonds is 4. The van der Waals surface area contributed by atoms with Crippen molar-refractivity contribution in [2.45, 2.75) is 13.8 Å². The molecule has 7 heteroatoms. The molecule has 0 atom stereocenters. The van der Waals surface area contributed by atoms with Gasteiger partial charge in [-0.2, -0.15) is 0 Å². The topological polar surface area (TPSA) is 75.7 Å². The lowest BCUT2D eigenvalue weighted by molar-refractivity contribution is 0.0988. The Balaban J connectivity index is 2.08. The molecule has 126 valence electrons. The number of benzene rings is 2. The lowest BCUT2D eigenvalue weighted by Crippen LogP contribution is -2.29. The third-order valence-corrected chi connectivity index (χ3v) is 5.11. The van der Waals surface area contributed by atoms with Crippen LogP contribution in [0.25, 0.3) is 0 Å². The third kappa shape index (κ3) is 2.94. The van der Waals surface area contributed by atoms with E-state index in [1.165, 1.54) is 6.07 Å². The van der Waals surface area contributed by atoms with Crippen LogP contribution in [0.2, 0.25) is 0 Å². The van der Waals surface area contributed by atoms with E-state index in [1.54, 1.807) is 30.0 Å². The number of nitrogens with one attached hydrogen (secondary N) is 1. The number of anilines is 2. The van der Waals surface area contributed by atoms with Crippen molar-refractivity contribution in [1.82, 2.24) is 0 Å². The molecule has 0 saturated carbocycles. The van der Waals surface area contributed by atoms with Crippen molar-refractivity contribution >= 4 is 27.3 Å². The number of hydrogen-bond acceptors (Lipinski definition) is 4. The average molecular weight is 346 g/mol. The standard InChI is InChI=1S/C17H18N2O4S/c1-3-19-14-7-5-6-8-16(14)23-15-10-9-12(11-13(15)17(19)20)18-24(21,22)4-2/h5-11,18H,3-4H2,1-2H3. The molecule has 6 nitrogen and oxygen atoms in total. The van der Waals surface area contributed by atoms with E-state index in [9.17, 15) is 13.2 Å². The van der Waals surface area contributed by atoms with Crippen molar-refractivity contribution < 1.29 is 17.9 Å². The van der Waals surface area contributed by atoms with E-state index in [-0.39, 0.29) is 11.7 Å². The summed E-state index contributed by atoms with van der Waals surface area (Å²) in [5.74, 6) is 0.729. The largest absolute Gasteiger partial charge is 0.454 e. The lowest BCUT2D eigenvalue weighted by atomic mass is 10.1. The number of amides is 1. The van der Waals surface area contributed by atoms with E-state index in [0.29, 0.717) is 35.0 Å². The molecular weight excluding hydrogens is 328 g/mol. The normalized spacial score (nSPS) is 13.6. The smallest absolute Gasteiger partial charge is 0.262 e. The molecule has 0 aromatic heterocycles. The van der Waals surface area contributed by atoms with Crippen LogP contribution in [0.1, 0.15) is 24.2 Å². The van der Waals surface area contributed by atoms with Gasteiger partial charge in [0, 0.05) is 12.2 Å². The fraction of sp³-hybridized carbons (Fsp3) is 0.235. The number of carbonyl (C=O) groups excluding carboxylic acids is 1. The maximum absolute atomic E-state index is 12.9. The predicted molar refractivity (Wildman–Crippen MR) is 93.4 cm³/mol. The van der Waals surface area contributed by atoms with Crippen molar-refractivity contribution in [3.05, 3.63) is 48.0 Å². The molecule has 0 spiro atoms. The van der Waals surface area contributed by atoms with Gasteiger partial charge in [0.1, 0.15) is 5.75 Å². The first-order chi connectivity index (χ1) is 11.4. The molecule has 2 aromatic carbocycles. The van der Waals surface area contributed by atoms with Gasteiger partial charge in [-0.25, -0.2) is 8.42 Å². The molecule has 0 aliphatic carbocycles. The summed E-state index contributed by atoms with van der Waals surface area (Å²) in [5.41, 5.74) is 1.36. The highest BCUT2D eigenvalue weighted by Gasteiger charge is 2.27. The van der Waals surface area contributed by atoms with Crippen LogP contribution >= 0.6 is 0 Å². The molecule has 0 fully saturated rings. The second-order valence-corrected chi connectivity index (χ2v) is 7.35. The van der Waals surface area contributed by atoms with E-state index < -0.39 is 10.0 Å². The molecule has 1 heterocycles. The molecule has 1 aliphatic heterocycles. The van der Waals surface area contributed by atoms with Gasteiger partial charge in [0.25, 0.3) is 5.91 Å². The molecule has 0 bridgehead atoms. The van der Waals surface area contributed by atoms with Crippen LogP contribution in [0.3, 0.4) is 0 Å². The van der Waals surface area contributed by atoms with Gasteiger partial charge in [-0.05, 0) is 44.2 Å². The van der Waals surface area contributed by atoms with Crippen LogP contribution in [0.4, 0.5) is 11.4 Å². The summed E-state index contributed by atoms with van der Waals surface area (Å²) in [6, 6.07) is 12.0. The highest BCUT2D eigenvalue weighted by atomic mass is 32.2. The molecule has 0 radical (unpaired) electrons. The fourth-order valence-electron chi connectivity index (χ4n) is 2.55. The van der Waals surface area contributed by atoms with E-state index in [0.717, 1.165) is 0 Å². The Kier molecular flexibility index (Phi) is 4.19. The van der Waals surface area contributed by atoms with Gasteiger partial charge in [0.2, 0.25) is 10.0 Å². The average Bonchev–Trinajstić information content (AvgIpc) is 2.69. The van der Waals surface area contributed by atoms with Crippen molar-refractivity contribution in [3.63, 3.8) is 0 Å². The summed E-state index contributed by atoms with van der Waals surface area (Å²) >= 11 is 0. The summed E-state index contributed by atoms with van der Waals surface area (Å²) in [6.07, 6.45) is 0. The third-order valence-electron chi connectivity index (χ3n) is 3.80. The number of carbonyl (C=O) groups is 1. The number of sulfonamides is 1. The Morgan fingerprint density at radius 1 is 1.08 bits per heavy atom. The minimum absolute atomic E-state index is 0.0406. The minimum atomic E-state index is -3.41. The van der Waals surface area contributed by atoms with Crippen molar-refractivity contribution in [2.24, 2.45) is 0 Å². The van der Waals surface area contributed by atoms with Gasteiger partial charge < -0.3 is 9.64 Å². The zero-order chi connectivity index (χ0) is 17.3. The van der Waals surface area contributed by atoms with Crippen LogP contribution in [-0.2, 0) is 10.0 Å². The summed E-state index contributed by atoms with van der Waals surface area (Å²) in [6.45, 7) is 3.91. The molecule has 24 heavy (non-hydrogen) atoms. The van der Waals surface area contributed by atoms with E-state index in [4.69, 9.17) is 4.74 Å². The summed E-state index contributed by atoms with van der Waals surface area (Å²) in [7, 11) is -3.41. The van der Waals surface area contributed by atoms with Gasteiger partial charge in [-0.15, -0.1) is 0 Å². The zero-order valence-electron chi connectivity index (χ0n) is 13.4. The van der Waals surface area contributed by atoms with E-state index >= 15 is 0 Å². The van der Waals surface area contributed by atoms with Crippen molar-refractivity contribution in [3.8, 4) is 11.5 Å². The first-order valence-electron chi connectivity index (χ1n) is 7.68. The molecular formula is C17H18N2O4S. The Morgan fingerprint density at radius 3 is 2.54 bits per heavy atom. The molecule has 0 saturated heterocycles. The Hall–Kier alpha value is -2.54. The molecule has 0 unspecified atom stereocenters. The summed E-state index contributed by atoms with van der Waals surface area (Å²) in [4.78, 5) is 14.5. The van der Waals surface area contributed by atoms with Crippen LogP contribution in [-0.4, -0.2) is 26.6 Å². The van der Waals surface area contributed by atoms with Gasteiger partial charge in [-0.3, -0.25) is 9.52 Å². The zero-order valence-corrected chi connectivity index (χ0v) is 14.3. The van der Waals surface area contributed by atoms with Gasteiger partial charge in [0.15, 0.2) is 5.75 Å². The molecule has 2 aromatic rings. The lowest BCUT2D eigenvalue weighted by Gasteiger charge is -2.19. The Morgan fingerprint density at radius 2 is 1.83 bits per heavy atom. The molecule has 1 aliphatic rings. The minimum Gasteiger partial charge on any atom is -0.454 e. The first-order valence-corrected chi connectivity index (χ1v) is 9.33. The molecule has 1 amide bonds. The fourth-order valence-corrected chi connectivity index (χ4v) is 3.19. The number of para-hydroxylation sites is 2. The van der Waals surface area contributed by atoms with Crippen LogP contribution < -0.4 is 14.4 Å². The van der Waals surface area contributed by atoms with Gasteiger partial charge >= 0.3 is 0 Å². The van der Waals surface area contributed by atoms with E-state index in [1.807, 2.05) is 25.1 Å². The number of fused-ring (bicyclic) bond motifs is 2. The van der Waals surface area contributed by atoms with Crippen LogP contribution in [0, 0.1) is 0 Å². The predicted octanol–water partition coefficient (Wildman–Crippen LogP) is 3.22. The maximum atomic E-state index is 12.9. The van der Waals surface area contributed by atoms with Crippen LogP contribution in [0.5, 0.6) is 11.5 Å². The summed E-state index contributed by atoms with van der Waals surface area (Å²) in [5, 5.41) is 0.